The van der Waals surface area contributed by atoms with Gasteiger partial charge in [0.15, 0.2) is 0 Å². The molecule has 24 heavy (non-hydrogen) atoms. The Morgan fingerprint density at radius 3 is 1.29 bits per heavy atom. The Balaban J connectivity index is 2.09. The van der Waals surface area contributed by atoms with Gasteiger partial charge in [-0.25, -0.2) is 0 Å². The maximum atomic E-state index is 4.51. The molecule has 0 aliphatic carbocycles. The van der Waals surface area contributed by atoms with E-state index in [0.717, 1.165) is 37.1 Å². The molecule has 2 aromatic carbocycles. The standard InChI is InChI=1S/C22H28N2/c1-5-17-9-11-21(15-19(17)7-3)23-13-14-24-22-12-10-18(6-2)20(8-4)16-22/h9-16H,5-8H2,1-4H3. The molecule has 0 heterocycles. The van der Waals surface area contributed by atoms with Crippen LogP contribution in [0.1, 0.15) is 49.9 Å². The van der Waals surface area contributed by atoms with E-state index < -0.39 is 0 Å². The van der Waals surface area contributed by atoms with E-state index in [1.54, 1.807) is 12.4 Å². The number of aryl methyl sites for hydroxylation is 4. The summed E-state index contributed by atoms with van der Waals surface area (Å²) < 4.78 is 0. The van der Waals surface area contributed by atoms with E-state index >= 15 is 0 Å². The Hall–Kier alpha value is -2.22. The van der Waals surface area contributed by atoms with Crippen molar-refractivity contribution in [2.75, 3.05) is 0 Å². The van der Waals surface area contributed by atoms with Gasteiger partial charge < -0.3 is 0 Å². The lowest BCUT2D eigenvalue weighted by Gasteiger charge is -2.06. The molecule has 0 saturated heterocycles. The van der Waals surface area contributed by atoms with E-state index in [2.05, 4.69) is 74.1 Å². The van der Waals surface area contributed by atoms with Gasteiger partial charge in [-0.2, -0.15) is 0 Å². The van der Waals surface area contributed by atoms with Crippen LogP contribution in [0, 0.1) is 0 Å². The van der Waals surface area contributed by atoms with Crippen molar-refractivity contribution in [3.63, 3.8) is 0 Å². The zero-order chi connectivity index (χ0) is 17.4. The van der Waals surface area contributed by atoms with Crippen LogP contribution in [0.5, 0.6) is 0 Å². The largest absolute Gasteiger partial charge is 0.255 e. The lowest BCUT2D eigenvalue weighted by Crippen LogP contribution is -1.90. The number of aliphatic imine (C=N–C) groups is 2. The molecule has 0 aliphatic rings. The Bertz CT molecular complexity index is 663. The molecule has 0 aliphatic heterocycles. The van der Waals surface area contributed by atoms with Gasteiger partial charge in [0.2, 0.25) is 0 Å². The second kappa shape index (κ2) is 9.17. The Morgan fingerprint density at radius 1 is 0.583 bits per heavy atom. The van der Waals surface area contributed by atoms with Gasteiger partial charge in [-0.3, -0.25) is 9.98 Å². The molecule has 0 saturated carbocycles. The summed E-state index contributed by atoms with van der Waals surface area (Å²) in [7, 11) is 0. The first-order chi connectivity index (χ1) is 11.7. The van der Waals surface area contributed by atoms with Crippen molar-refractivity contribution in [2.45, 2.75) is 53.4 Å². The molecule has 0 unspecified atom stereocenters. The minimum Gasteiger partial charge on any atom is -0.255 e. The van der Waals surface area contributed by atoms with Crippen LogP contribution in [-0.2, 0) is 25.7 Å². The summed E-state index contributed by atoms with van der Waals surface area (Å²) >= 11 is 0. The number of benzene rings is 2. The van der Waals surface area contributed by atoms with E-state index in [1.165, 1.54) is 22.3 Å². The predicted molar refractivity (Wildman–Crippen MR) is 107 cm³/mol. The molecule has 2 rings (SSSR count). The van der Waals surface area contributed by atoms with Crippen LogP contribution in [-0.4, -0.2) is 12.4 Å². The minimum atomic E-state index is 0.992. The second-order valence-corrected chi connectivity index (χ2v) is 5.88. The molecule has 0 atom stereocenters. The molecule has 2 aromatic rings. The van der Waals surface area contributed by atoms with Crippen LogP contribution in [0.3, 0.4) is 0 Å². The fourth-order valence-corrected chi connectivity index (χ4v) is 2.97. The van der Waals surface area contributed by atoms with Crippen molar-refractivity contribution in [1.29, 1.82) is 0 Å². The van der Waals surface area contributed by atoms with Crippen LogP contribution in [0.25, 0.3) is 0 Å². The topological polar surface area (TPSA) is 24.7 Å². The Morgan fingerprint density at radius 2 is 0.958 bits per heavy atom. The number of rotatable bonds is 7. The third kappa shape index (κ3) is 4.64. The number of nitrogens with zero attached hydrogens (tertiary/aromatic N) is 2. The fourth-order valence-electron chi connectivity index (χ4n) is 2.97. The molecule has 126 valence electrons. The highest BCUT2D eigenvalue weighted by Gasteiger charge is 2.00. The van der Waals surface area contributed by atoms with Crippen molar-refractivity contribution in [3.05, 3.63) is 58.7 Å². The summed E-state index contributed by atoms with van der Waals surface area (Å²) in [4.78, 5) is 9.01. The highest BCUT2D eigenvalue weighted by molar-refractivity contribution is 6.17. The normalized spacial score (nSPS) is 11.7. The van der Waals surface area contributed by atoms with Crippen molar-refractivity contribution in [1.82, 2.24) is 0 Å². The Labute approximate surface area is 146 Å². The molecule has 0 fully saturated rings. The van der Waals surface area contributed by atoms with Crippen LogP contribution in [0.4, 0.5) is 11.4 Å². The molecule has 0 bridgehead atoms. The first-order valence-corrected chi connectivity index (χ1v) is 9.02. The first-order valence-electron chi connectivity index (χ1n) is 9.02. The van der Waals surface area contributed by atoms with Crippen molar-refractivity contribution in [2.24, 2.45) is 9.98 Å². The molecular weight excluding hydrogens is 292 g/mol. The molecule has 0 amide bonds. The quantitative estimate of drug-likeness (QED) is 0.555. The monoisotopic (exact) mass is 320 g/mol. The fraction of sp³-hybridized carbons (Fsp3) is 0.364. The predicted octanol–water partition coefficient (Wildman–Crippen LogP) is 6.04. The lowest BCUT2D eigenvalue weighted by atomic mass is 10.0. The summed E-state index contributed by atoms with van der Waals surface area (Å²) in [6.45, 7) is 8.76. The molecule has 0 spiro atoms. The zero-order valence-corrected chi connectivity index (χ0v) is 15.3. The molecular formula is C22H28N2. The summed E-state index contributed by atoms with van der Waals surface area (Å²) in [6.07, 6.45) is 7.79. The van der Waals surface area contributed by atoms with Crippen molar-refractivity contribution >= 4 is 23.8 Å². The maximum absolute atomic E-state index is 4.51. The summed E-state index contributed by atoms with van der Waals surface area (Å²) in [6, 6.07) is 12.9. The van der Waals surface area contributed by atoms with Gasteiger partial charge in [0.1, 0.15) is 0 Å². The SMILES string of the molecule is CCc1ccc(N=CC=Nc2ccc(CC)c(CC)c2)cc1CC. The smallest absolute Gasteiger partial charge is 0.0633 e. The van der Waals surface area contributed by atoms with E-state index in [9.17, 15) is 0 Å². The highest BCUT2D eigenvalue weighted by Crippen LogP contribution is 2.20. The first kappa shape index (κ1) is 18.1. The van der Waals surface area contributed by atoms with E-state index in [-0.39, 0.29) is 0 Å². The molecule has 0 aromatic heterocycles. The third-order valence-electron chi connectivity index (χ3n) is 4.42. The summed E-state index contributed by atoms with van der Waals surface area (Å²) in [5.41, 5.74) is 7.57. The van der Waals surface area contributed by atoms with E-state index in [1.807, 2.05) is 0 Å². The van der Waals surface area contributed by atoms with Gasteiger partial charge in [-0.15, -0.1) is 0 Å². The van der Waals surface area contributed by atoms with E-state index in [0.29, 0.717) is 0 Å². The number of hydrogen-bond acceptors (Lipinski definition) is 2. The van der Waals surface area contributed by atoms with Gasteiger partial charge in [0.05, 0.1) is 11.4 Å². The minimum absolute atomic E-state index is 0.992. The average molecular weight is 320 g/mol. The van der Waals surface area contributed by atoms with Crippen LogP contribution >= 0.6 is 0 Å². The van der Waals surface area contributed by atoms with Gasteiger partial charge in [-0.1, -0.05) is 39.8 Å². The van der Waals surface area contributed by atoms with Crippen LogP contribution < -0.4 is 0 Å². The van der Waals surface area contributed by atoms with E-state index in [4.69, 9.17) is 0 Å². The summed E-state index contributed by atoms with van der Waals surface area (Å²) in [5.74, 6) is 0. The third-order valence-corrected chi connectivity index (χ3v) is 4.42. The molecule has 2 heteroatoms. The summed E-state index contributed by atoms with van der Waals surface area (Å²) in [5, 5.41) is 0. The maximum Gasteiger partial charge on any atom is 0.0633 e. The second-order valence-electron chi connectivity index (χ2n) is 5.88. The van der Waals surface area contributed by atoms with Gasteiger partial charge in [-0.05, 0) is 72.2 Å². The van der Waals surface area contributed by atoms with Crippen LogP contribution in [0.2, 0.25) is 0 Å². The van der Waals surface area contributed by atoms with Crippen LogP contribution in [0.15, 0.2) is 46.4 Å². The Kier molecular flexibility index (Phi) is 6.92. The van der Waals surface area contributed by atoms with Gasteiger partial charge >= 0.3 is 0 Å². The molecule has 0 N–H and O–H groups in total. The molecule has 2 nitrogen and oxygen atoms in total. The number of hydrogen-bond donors (Lipinski definition) is 0. The molecule has 0 radical (unpaired) electrons. The average Bonchev–Trinajstić information content (AvgIpc) is 2.64. The van der Waals surface area contributed by atoms with Gasteiger partial charge in [0.25, 0.3) is 0 Å². The van der Waals surface area contributed by atoms with Gasteiger partial charge in [0, 0.05) is 12.4 Å². The van der Waals surface area contributed by atoms with Crippen molar-refractivity contribution < 1.29 is 0 Å². The lowest BCUT2D eigenvalue weighted by molar-refractivity contribution is 1.04. The van der Waals surface area contributed by atoms with Crippen molar-refractivity contribution in [3.8, 4) is 0 Å². The zero-order valence-electron chi connectivity index (χ0n) is 15.3. The highest BCUT2D eigenvalue weighted by atomic mass is 14.8.